The summed E-state index contributed by atoms with van der Waals surface area (Å²) >= 11 is 0. The zero-order valence-corrected chi connectivity index (χ0v) is 12.2. The molecule has 0 heterocycles. The molecule has 106 valence electrons. The van der Waals surface area contributed by atoms with Crippen molar-refractivity contribution in [3.63, 3.8) is 0 Å². The van der Waals surface area contributed by atoms with Crippen LogP contribution in [0.5, 0.6) is 5.75 Å². The number of ether oxygens (including phenoxy) is 1. The Bertz CT molecular complexity index is 430. The van der Waals surface area contributed by atoms with Crippen LogP contribution in [-0.2, 0) is 11.2 Å². The van der Waals surface area contributed by atoms with E-state index in [0.717, 1.165) is 23.3 Å². The van der Waals surface area contributed by atoms with E-state index in [4.69, 9.17) is 10.5 Å². The number of aryl methyl sites for hydroxylation is 1. The van der Waals surface area contributed by atoms with E-state index >= 15 is 0 Å². The van der Waals surface area contributed by atoms with E-state index in [2.05, 4.69) is 11.4 Å². The number of nitrogens with two attached hydrogens (primary N) is 1. The average molecular weight is 264 g/mol. The normalized spacial score (nSPS) is 13.7. The highest BCUT2D eigenvalue weighted by Crippen LogP contribution is 2.19. The first-order chi connectivity index (χ1) is 8.95. The van der Waals surface area contributed by atoms with Gasteiger partial charge >= 0.3 is 0 Å². The van der Waals surface area contributed by atoms with Gasteiger partial charge < -0.3 is 15.8 Å². The van der Waals surface area contributed by atoms with E-state index < -0.39 is 0 Å². The van der Waals surface area contributed by atoms with Gasteiger partial charge in [-0.3, -0.25) is 4.79 Å². The smallest absolute Gasteiger partial charge is 0.224 e. The van der Waals surface area contributed by atoms with Crippen molar-refractivity contribution >= 4 is 5.91 Å². The number of rotatable bonds is 6. The third-order valence-electron chi connectivity index (χ3n) is 3.39. The van der Waals surface area contributed by atoms with Gasteiger partial charge in [0, 0.05) is 18.5 Å². The number of nitrogens with one attached hydrogen (secondary N) is 1. The molecule has 0 bridgehead atoms. The Morgan fingerprint density at radius 2 is 2.11 bits per heavy atom. The Kier molecular flexibility index (Phi) is 5.83. The highest BCUT2D eigenvalue weighted by Gasteiger charge is 2.16. The summed E-state index contributed by atoms with van der Waals surface area (Å²) in [5, 5.41) is 2.90. The van der Waals surface area contributed by atoms with Crippen LogP contribution in [0.3, 0.4) is 0 Å². The summed E-state index contributed by atoms with van der Waals surface area (Å²) in [5.74, 6) is 0.731. The van der Waals surface area contributed by atoms with Crippen LogP contribution in [-0.4, -0.2) is 25.6 Å². The lowest BCUT2D eigenvalue weighted by Gasteiger charge is -2.15. The lowest BCUT2D eigenvalue weighted by molar-refractivity contribution is -0.124. The van der Waals surface area contributed by atoms with Crippen LogP contribution >= 0.6 is 0 Å². The lowest BCUT2D eigenvalue weighted by Crippen LogP contribution is -2.39. The number of hydrogen-bond donors (Lipinski definition) is 2. The Morgan fingerprint density at radius 3 is 2.68 bits per heavy atom. The standard InChI is InChI=1S/C15H24N2O2/c1-10-5-6-13(9-14(10)19-4)7-8-17-15(18)11(2)12(3)16/h5-6,9,11-12H,7-8,16H2,1-4H3,(H,17,18). The second-order valence-electron chi connectivity index (χ2n) is 4.99. The van der Waals surface area contributed by atoms with E-state index in [0.29, 0.717) is 6.54 Å². The van der Waals surface area contributed by atoms with Crippen molar-refractivity contribution in [2.45, 2.75) is 33.2 Å². The molecule has 0 saturated carbocycles. The molecule has 0 aliphatic carbocycles. The van der Waals surface area contributed by atoms with Gasteiger partial charge in [-0.1, -0.05) is 19.1 Å². The minimum atomic E-state index is -0.160. The van der Waals surface area contributed by atoms with Crippen LogP contribution in [0.4, 0.5) is 0 Å². The van der Waals surface area contributed by atoms with Gasteiger partial charge in [0.2, 0.25) is 5.91 Å². The van der Waals surface area contributed by atoms with Gasteiger partial charge in [-0.05, 0) is 37.5 Å². The number of hydrogen-bond acceptors (Lipinski definition) is 3. The fourth-order valence-corrected chi connectivity index (χ4v) is 1.75. The summed E-state index contributed by atoms with van der Waals surface area (Å²) < 4.78 is 5.28. The zero-order valence-electron chi connectivity index (χ0n) is 12.2. The van der Waals surface area contributed by atoms with Gasteiger partial charge in [-0.25, -0.2) is 0 Å². The number of carbonyl (C=O) groups is 1. The van der Waals surface area contributed by atoms with E-state index in [-0.39, 0.29) is 17.9 Å². The molecular formula is C15H24N2O2. The summed E-state index contributed by atoms with van der Waals surface area (Å²) in [6.07, 6.45) is 0.786. The molecule has 0 aliphatic heterocycles. The van der Waals surface area contributed by atoms with Crippen LogP contribution in [0, 0.1) is 12.8 Å². The second-order valence-corrected chi connectivity index (χ2v) is 4.99. The Hall–Kier alpha value is -1.55. The summed E-state index contributed by atoms with van der Waals surface area (Å²) in [6.45, 7) is 6.31. The van der Waals surface area contributed by atoms with Gasteiger partial charge in [0.25, 0.3) is 0 Å². The van der Waals surface area contributed by atoms with Crippen molar-refractivity contribution in [3.05, 3.63) is 29.3 Å². The Labute approximate surface area is 115 Å². The van der Waals surface area contributed by atoms with Crippen molar-refractivity contribution in [1.29, 1.82) is 0 Å². The zero-order chi connectivity index (χ0) is 14.4. The molecule has 2 unspecified atom stereocenters. The molecule has 4 nitrogen and oxygen atoms in total. The molecule has 3 N–H and O–H groups in total. The molecule has 4 heteroatoms. The predicted octanol–water partition coefficient (Wildman–Crippen LogP) is 1.65. The third kappa shape index (κ3) is 4.56. The summed E-state index contributed by atoms with van der Waals surface area (Å²) in [6, 6.07) is 5.97. The molecule has 1 aromatic rings. The maximum absolute atomic E-state index is 11.7. The van der Waals surface area contributed by atoms with Gasteiger partial charge in [0.05, 0.1) is 7.11 Å². The van der Waals surface area contributed by atoms with Crippen molar-refractivity contribution in [3.8, 4) is 5.75 Å². The second kappa shape index (κ2) is 7.14. The van der Waals surface area contributed by atoms with Gasteiger partial charge in [0.1, 0.15) is 5.75 Å². The van der Waals surface area contributed by atoms with Gasteiger partial charge in [-0.15, -0.1) is 0 Å². The highest BCUT2D eigenvalue weighted by atomic mass is 16.5. The fourth-order valence-electron chi connectivity index (χ4n) is 1.75. The topological polar surface area (TPSA) is 64.3 Å². The molecule has 1 aromatic carbocycles. The molecule has 0 saturated heterocycles. The molecule has 19 heavy (non-hydrogen) atoms. The molecule has 1 rings (SSSR count). The summed E-state index contributed by atoms with van der Waals surface area (Å²) in [4.78, 5) is 11.7. The largest absolute Gasteiger partial charge is 0.496 e. The third-order valence-corrected chi connectivity index (χ3v) is 3.39. The SMILES string of the molecule is COc1cc(CCNC(=O)C(C)C(C)N)ccc1C. The van der Waals surface area contributed by atoms with Crippen LogP contribution in [0.25, 0.3) is 0 Å². The predicted molar refractivity (Wildman–Crippen MR) is 77.3 cm³/mol. The fraction of sp³-hybridized carbons (Fsp3) is 0.533. The monoisotopic (exact) mass is 264 g/mol. The maximum atomic E-state index is 11.7. The van der Waals surface area contributed by atoms with Crippen molar-refractivity contribution in [2.24, 2.45) is 11.7 Å². The molecular weight excluding hydrogens is 240 g/mol. The number of amides is 1. The minimum absolute atomic E-state index is 0.00840. The molecule has 0 spiro atoms. The van der Waals surface area contributed by atoms with Gasteiger partial charge in [0.15, 0.2) is 0 Å². The van der Waals surface area contributed by atoms with E-state index in [9.17, 15) is 4.79 Å². The van der Waals surface area contributed by atoms with Crippen LogP contribution < -0.4 is 15.8 Å². The van der Waals surface area contributed by atoms with Crippen molar-refractivity contribution in [1.82, 2.24) is 5.32 Å². The Morgan fingerprint density at radius 1 is 1.42 bits per heavy atom. The molecule has 2 atom stereocenters. The maximum Gasteiger partial charge on any atom is 0.224 e. The molecule has 0 fully saturated rings. The Balaban J connectivity index is 2.47. The van der Waals surface area contributed by atoms with E-state index in [1.165, 1.54) is 0 Å². The van der Waals surface area contributed by atoms with E-state index in [1.54, 1.807) is 7.11 Å². The number of benzene rings is 1. The lowest BCUT2D eigenvalue weighted by atomic mass is 10.0. The average Bonchev–Trinajstić information content (AvgIpc) is 2.39. The highest BCUT2D eigenvalue weighted by molar-refractivity contribution is 5.78. The first kappa shape index (κ1) is 15.5. The van der Waals surface area contributed by atoms with Crippen molar-refractivity contribution in [2.75, 3.05) is 13.7 Å². The van der Waals surface area contributed by atoms with Crippen molar-refractivity contribution < 1.29 is 9.53 Å². The summed E-state index contributed by atoms with van der Waals surface area (Å²) in [5.41, 5.74) is 7.96. The van der Waals surface area contributed by atoms with Crippen LogP contribution in [0.15, 0.2) is 18.2 Å². The first-order valence-electron chi connectivity index (χ1n) is 6.62. The molecule has 1 amide bonds. The molecule has 0 aliphatic rings. The summed E-state index contributed by atoms with van der Waals surface area (Å²) in [7, 11) is 1.66. The van der Waals surface area contributed by atoms with Crippen LogP contribution in [0.2, 0.25) is 0 Å². The number of methoxy groups -OCH3 is 1. The molecule has 0 aromatic heterocycles. The van der Waals surface area contributed by atoms with Crippen LogP contribution in [0.1, 0.15) is 25.0 Å². The van der Waals surface area contributed by atoms with Gasteiger partial charge in [-0.2, -0.15) is 0 Å². The minimum Gasteiger partial charge on any atom is -0.496 e. The molecule has 0 radical (unpaired) electrons. The van der Waals surface area contributed by atoms with E-state index in [1.807, 2.05) is 32.9 Å². The first-order valence-corrected chi connectivity index (χ1v) is 6.62. The number of carbonyl (C=O) groups excluding carboxylic acids is 1. The quantitative estimate of drug-likeness (QED) is 0.821.